The Labute approximate surface area is 94.5 Å². The molecule has 2 heteroatoms. The van der Waals surface area contributed by atoms with Gasteiger partial charge in [-0.2, -0.15) is 0 Å². The number of hydrogen-bond acceptors (Lipinski definition) is 1. The lowest BCUT2D eigenvalue weighted by Crippen LogP contribution is -1.89. The zero-order valence-electron chi connectivity index (χ0n) is 9.33. The molecule has 0 bridgehead atoms. The third-order valence-electron chi connectivity index (χ3n) is 2.49. The summed E-state index contributed by atoms with van der Waals surface area (Å²) in [6.45, 7) is 2.00. The number of benzene rings is 2. The van der Waals surface area contributed by atoms with E-state index >= 15 is 0 Å². The van der Waals surface area contributed by atoms with Gasteiger partial charge < -0.3 is 4.74 Å². The quantitative estimate of drug-likeness (QED) is 0.741. The van der Waals surface area contributed by atoms with Gasteiger partial charge in [-0.25, -0.2) is 4.39 Å². The molecule has 0 unspecified atom stereocenters. The van der Waals surface area contributed by atoms with Crippen molar-refractivity contribution in [3.63, 3.8) is 0 Å². The van der Waals surface area contributed by atoms with Crippen LogP contribution in [0.1, 0.15) is 5.56 Å². The second kappa shape index (κ2) is 4.35. The molecule has 0 fully saturated rings. The van der Waals surface area contributed by atoms with E-state index < -0.39 is 0 Å². The van der Waals surface area contributed by atoms with Gasteiger partial charge in [0.2, 0.25) is 0 Å². The van der Waals surface area contributed by atoms with Crippen LogP contribution in [0.4, 0.5) is 4.39 Å². The first-order chi connectivity index (χ1) is 7.70. The fraction of sp³-hybridized carbons (Fsp3) is 0.143. The number of hydrogen-bond donors (Lipinski definition) is 0. The van der Waals surface area contributed by atoms with Crippen LogP contribution < -0.4 is 4.74 Å². The monoisotopic (exact) mass is 216 g/mol. The highest BCUT2D eigenvalue weighted by Crippen LogP contribution is 2.30. The van der Waals surface area contributed by atoms with Crippen molar-refractivity contribution in [2.24, 2.45) is 0 Å². The summed E-state index contributed by atoms with van der Waals surface area (Å²) < 4.78 is 18.4. The van der Waals surface area contributed by atoms with Crippen molar-refractivity contribution >= 4 is 0 Å². The SMILES string of the molecule is COc1cc(C)ccc1-c1cccc(F)c1. The average Bonchev–Trinajstić information content (AvgIpc) is 2.28. The Morgan fingerprint density at radius 1 is 1.06 bits per heavy atom. The molecule has 0 N–H and O–H groups in total. The van der Waals surface area contributed by atoms with E-state index in [1.54, 1.807) is 13.2 Å². The zero-order valence-corrected chi connectivity index (χ0v) is 9.33. The molecule has 82 valence electrons. The molecule has 0 radical (unpaired) electrons. The second-order valence-electron chi connectivity index (χ2n) is 3.71. The van der Waals surface area contributed by atoms with Crippen molar-refractivity contribution in [3.8, 4) is 16.9 Å². The number of methoxy groups -OCH3 is 1. The van der Waals surface area contributed by atoms with Gasteiger partial charge in [-0.05, 0) is 36.2 Å². The van der Waals surface area contributed by atoms with Crippen molar-refractivity contribution in [2.75, 3.05) is 7.11 Å². The third-order valence-corrected chi connectivity index (χ3v) is 2.49. The van der Waals surface area contributed by atoms with Crippen LogP contribution in [0, 0.1) is 12.7 Å². The van der Waals surface area contributed by atoms with Crippen LogP contribution in [0.15, 0.2) is 42.5 Å². The van der Waals surface area contributed by atoms with E-state index in [-0.39, 0.29) is 5.82 Å². The molecule has 0 saturated carbocycles. The van der Waals surface area contributed by atoms with E-state index in [4.69, 9.17) is 4.74 Å². The fourth-order valence-corrected chi connectivity index (χ4v) is 1.69. The first-order valence-electron chi connectivity index (χ1n) is 5.11. The van der Waals surface area contributed by atoms with E-state index in [9.17, 15) is 4.39 Å². The molecule has 0 saturated heterocycles. The summed E-state index contributed by atoms with van der Waals surface area (Å²) in [6, 6.07) is 12.4. The summed E-state index contributed by atoms with van der Waals surface area (Å²) in [7, 11) is 1.62. The standard InChI is InChI=1S/C14H13FO/c1-10-6-7-13(14(8-10)16-2)11-4-3-5-12(15)9-11/h3-9H,1-2H3. The van der Waals surface area contributed by atoms with Crippen LogP contribution in [0.3, 0.4) is 0 Å². The normalized spacial score (nSPS) is 10.2. The van der Waals surface area contributed by atoms with E-state index in [1.807, 2.05) is 31.2 Å². The van der Waals surface area contributed by atoms with Crippen molar-refractivity contribution in [3.05, 3.63) is 53.8 Å². The molecule has 0 aliphatic carbocycles. The molecule has 2 aromatic carbocycles. The van der Waals surface area contributed by atoms with E-state index in [2.05, 4.69) is 0 Å². The van der Waals surface area contributed by atoms with Gasteiger partial charge in [-0.1, -0.05) is 24.3 Å². The van der Waals surface area contributed by atoms with Gasteiger partial charge in [-0.15, -0.1) is 0 Å². The maximum atomic E-state index is 13.1. The number of ether oxygens (including phenoxy) is 1. The third kappa shape index (κ3) is 2.06. The van der Waals surface area contributed by atoms with Crippen molar-refractivity contribution < 1.29 is 9.13 Å². The molecular weight excluding hydrogens is 203 g/mol. The summed E-state index contributed by atoms with van der Waals surface area (Å²) in [6.07, 6.45) is 0. The zero-order chi connectivity index (χ0) is 11.5. The molecular formula is C14H13FO. The molecule has 1 nitrogen and oxygen atoms in total. The number of halogens is 1. The van der Waals surface area contributed by atoms with Crippen LogP contribution >= 0.6 is 0 Å². The minimum Gasteiger partial charge on any atom is -0.496 e. The summed E-state index contributed by atoms with van der Waals surface area (Å²) in [5.74, 6) is 0.533. The van der Waals surface area contributed by atoms with E-state index in [0.717, 1.165) is 22.4 Å². The largest absolute Gasteiger partial charge is 0.496 e. The summed E-state index contributed by atoms with van der Waals surface area (Å²) in [4.78, 5) is 0. The van der Waals surface area contributed by atoms with Gasteiger partial charge >= 0.3 is 0 Å². The Hall–Kier alpha value is -1.83. The molecule has 16 heavy (non-hydrogen) atoms. The van der Waals surface area contributed by atoms with Crippen LogP contribution in [0.5, 0.6) is 5.75 Å². The lowest BCUT2D eigenvalue weighted by atomic mass is 10.0. The highest BCUT2D eigenvalue weighted by atomic mass is 19.1. The van der Waals surface area contributed by atoms with Crippen molar-refractivity contribution in [1.29, 1.82) is 0 Å². The topological polar surface area (TPSA) is 9.23 Å². The Morgan fingerprint density at radius 2 is 1.88 bits per heavy atom. The van der Waals surface area contributed by atoms with Gasteiger partial charge in [0, 0.05) is 5.56 Å². The molecule has 0 aromatic heterocycles. The number of aryl methyl sites for hydroxylation is 1. The molecule has 2 aromatic rings. The van der Waals surface area contributed by atoms with Crippen molar-refractivity contribution in [1.82, 2.24) is 0 Å². The number of rotatable bonds is 2. The maximum absolute atomic E-state index is 13.1. The average molecular weight is 216 g/mol. The van der Waals surface area contributed by atoms with Gasteiger partial charge in [0.05, 0.1) is 7.11 Å². The van der Waals surface area contributed by atoms with Gasteiger partial charge in [-0.3, -0.25) is 0 Å². The summed E-state index contributed by atoms with van der Waals surface area (Å²) in [5.41, 5.74) is 2.86. The molecule has 2 rings (SSSR count). The lowest BCUT2D eigenvalue weighted by molar-refractivity contribution is 0.416. The molecule has 0 aliphatic rings. The molecule has 0 spiro atoms. The Morgan fingerprint density at radius 3 is 2.56 bits per heavy atom. The summed E-state index contributed by atoms with van der Waals surface area (Å²) in [5, 5.41) is 0. The predicted octanol–water partition coefficient (Wildman–Crippen LogP) is 3.81. The maximum Gasteiger partial charge on any atom is 0.126 e. The predicted molar refractivity (Wildman–Crippen MR) is 63.1 cm³/mol. The van der Waals surface area contributed by atoms with Crippen LogP contribution in [0.25, 0.3) is 11.1 Å². The Balaban J connectivity index is 2.55. The van der Waals surface area contributed by atoms with E-state index in [1.165, 1.54) is 12.1 Å². The fourth-order valence-electron chi connectivity index (χ4n) is 1.69. The summed E-state index contributed by atoms with van der Waals surface area (Å²) >= 11 is 0. The second-order valence-corrected chi connectivity index (χ2v) is 3.71. The van der Waals surface area contributed by atoms with Crippen molar-refractivity contribution in [2.45, 2.75) is 6.92 Å². The first kappa shape index (κ1) is 10.7. The van der Waals surface area contributed by atoms with Gasteiger partial charge in [0.1, 0.15) is 11.6 Å². The molecule has 0 heterocycles. The van der Waals surface area contributed by atoms with Gasteiger partial charge in [0.15, 0.2) is 0 Å². The lowest BCUT2D eigenvalue weighted by Gasteiger charge is -2.09. The minimum atomic E-state index is -0.236. The van der Waals surface area contributed by atoms with Gasteiger partial charge in [0.25, 0.3) is 0 Å². The highest BCUT2D eigenvalue weighted by Gasteiger charge is 2.06. The molecule has 0 amide bonds. The Bertz CT molecular complexity index is 506. The van der Waals surface area contributed by atoms with Crippen LogP contribution in [0.2, 0.25) is 0 Å². The molecule has 0 atom stereocenters. The smallest absolute Gasteiger partial charge is 0.126 e. The Kier molecular flexibility index (Phi) is 2.91. The minimum absolute atomic E-state index is 0.236. The van der Waals surface area contributed by atoms with Crippen LogP contribution in [-0.4, -0.2) is 7.11 Å². The first-order valence-corrected chi connectivity index (χ1v) is 5.11. The highest BCUT2D eigenvalue weighted by molar-refractivity contribution is 5.70. The van der Waals surface area contributed by atoms with Crippen LogP contribution in [-0.2, 0) is 0 Å². The molecule has 0 aliphatic heterocycles. The van der Waals surface area contributed by atoms with E-state index in [0.29, 0.717) is 0 Å².